The number of nitrogens with one attached hydrogen (secondary N) is 1. The lowest BCUT2D eigenvalue weighted by Gasteiger charge is -2.34. The molecule has 7 nitrogen and oxygen atoms in total. The zero-order valence-corrected chi connectivity index (χ0v) is 27.4. The average Bonchev–Trinajstić information content (AvgIpc) is 3.47. The van der Waals surface area contributed by atoms with E-state index in [1.165, 1.54) is 17.0 Å². The molecular formula is C31H34BrCl2N3O4S. The molecule has 1 N–H and O–H groups in total. The van der Waals surface area contributed by atoms with E-state index in [4.69, 9.17) is 23.2 Å². The van der Waals surface area contributed by atoms with Crippen LogP contribution in [0.5, 0.6) is 0 Å². The molecular weight excluding hydrogens is 661 g/mol. The van der Waals surface area contributed by atoms with Crippen LogP contribution in [0.15, 0.2) is 76.1 Å². The smallest absolute Gasteiger partial charge is 0.264 e. The van der Waals surface area contributed by atoms with Gasteiger partial charge in [-0.2, -0.15) is 0 Å². The van der Waals surface area contributed by atoms with Gasteiger partial charge in [-0.05, 0) is 74.7 Å². The maximum Gasteiger partial charge on any atom is 0.264 e. The van der Waals surface area contributed by atoms with Crippen LogP contribution >= 0.6 is 39.1 Å². The number of anilines is 1. The standard InChI is InChI=1S/C31H34BrCl2N3O4S/c1-3-29(31(39)35-23-7-4-5-8-23)36(19-26-27(33)9-6-10-28(26)34)30(38)20-37(24-15-13-22(32)14-16-24)42(40,41)25-17-11-21(2)12-18-25/h6,9-18,23,29H,3-5,7-8,19-20H2,1-2H3,(H,35,39)/t29-/m0/s1. The molecule has 1 aliphatic carbocycles. The molecule has 3 aromatic rings. The molecule has 0 bridgehead atoms. The fourth-order valence-electron chi connectivity index (χ4n) is 5.11. The van der Waals surface area contributed by atoms with Gasteiger partial charge in [0.2, 0.25) is 11.8 Å². The molecule has 0 unspecified atom stereocenters. The maximum atomic E-state index is 14.2. The second-order valence-corrected chi connectivity index (χ2v) is 14.0. The summed E-state index contributed by atoms with van der Waals surface area (Å²) >= 11 is 16.4. The molecule has 3 aromatic carbocycles. The van der Waals surface area contributed by atoms with E-state index >= 15 is 0 Å². The van der Waals surface area contributed by atoms with Gasteiger partial charge >= 0.3 is 0 Å². The van der Waals surface area contributed by atoms with Crippen molar-refractivity contribution in [3.63, 3.8) is 0 Å². The number of hydrogen-bond acceptors (Lipinski definition) is 4. The normalized spacial score (nSPS) is 14.4. The van der Waals surface area contributed by atoms with Crippen LogP contribution in [0.2, 0.25) is 10.0 Å². The van der Waals surface area contributed by atoms with Gasteiger partial charge in [-0.1, -0.05) is 82.7 Å². The highest BCUT2D eigenvalue weighted by Gasteiger charge is 2.35. The van der Waals surface area contributed by atoms with E-state index < -0.39 is 28.5 Å². The highest BCUT2D eigenvalue weighted by Crippen LogP contribution is 2.29. The third-order valence-electron chi connectivity index (χ3n) is 7.48. The van der Waals surface area contributed by atoms with Crippen LogP contribution in [-0.2, 0) is 26.2 Å². The fraction of sp³-hybridized carbons (Fsp3) is 0.355. The molecule has 11 heteroatoms. The number of halogens is 3. The number of aryl methyl sites for hydroxylation is 1. The van der Waals surface area contributed by atoms with Gasteiger partial charge in [0.05, 0.1) is 10.6 Å². The number of carbonyl (C=O) groups excluding carboxylic acids is 2. The number of rotatable bonds is 11. The van der Waals surface area contributed by atoms with E-state index in [-0.39, 0.29) is 23.4 Å². The minimum atomic E-state index is -4.15. The van der Waals surface area contributed by atoms with Gasteiger partial charge in [0.15, 0.2) is 0 Å². The molecule has 1 atom stereocenters. The van der Waals surface area contributed by atoms with Gasteiger partial charge < -0.3 is 10.2 Å². The molecule has 42 heavy (non-hydrogen) atoms. The Labute approximate surface area is 266 Å². The number of sulfonamides is 1. The Morgan fingerprint density at radius 1 is 0.976 bits per heavy atom. The second-order valence-electron chi connectivity index (χ2n) is 10.4. The lowest BCUT2D eigenvalue weighted by Crippen LogP contribution is -2.53. The summed E-state index contributed by atoms with van der Waals surface area (Å²) in [5.74, 6) is -0.837. The van der Waals surface area contributed by atoms with E-state index in [1.54, 1.807) is 54.6 Å². The van der Waals surface area contributed by atoms with Crippen molar-refractivity contribution in [2.24, 2.45) is 0 Å². The van der Waals surface area contributed by atoms with Gasteiger partial charge in [0, 0.05) is 32.7 Å². The van der Waals surface area contributed by atoms with Crippen molar-refractivity contribution in [2.75, 3.05) is 10.8 Å². The van der Waals surface area contributed by atoms with Crippen LogP contribution in [0.3, 0.4) is 0 Å². The largest absolute Gasteiger partial charge is 0.352 e. The summed E-state index contributed by atoms with van der Waals surface area (Å²) in [6.07, 6.45) is 4.17. The van der Waals surface area contributed by atoms with E-state index in [1.807, 2.05) is 13.8 Å². The molecule has 2 amide bonds. The van der Waals surface area contributed by atoms with E-state index in [0.29, 0.717) is 27.7 Å². The molecule has 0 radical (unpaired) electrons. The summed E-state index contributed by atoms with van der Waals surface area (Å²) in [6.45, 7) is 3.09. The Morgan fingerprint density at radius 2 is 1.57 bits per heavy atom. The molecule has 0 heterocycles. The van der Waals surface area contributed by atoms with Gasteiger partial charge in [-0.3, -0.25) is 13.9 Å². The SMILES string of the molecule is CC[C@@H](C(=O)NC1CCCC1)N(Cc1c(Cl)cccc1Cl)C(=O)CN(c1ccc(Br)cc1)S(=O)(=O)c1ccc(C)cc1. The maximum absolute atomic E-state index is 14.2. The van der Waals surface area contributed by atoms with Crippen molar-refractivity contribution < 1.29 is 18.0 Å². The third-order valence-corrected chi connectivity index (χ3v) is 10.5. The van der Waals surface area contributed by atoms with E-state index in [2.05, 4.69) is 21.2 Å². The first-order valence-electron chi connectivity index (χ1n) is 13.9. The first kappa shape index (κ1) is 32.3. The molecule has 1 aliphatic rings. The summed E-state index contributed by atoms with van der Waals surface area (Å²) in [4.78, 5) is 29.3. The van der Waals surface area contributed by atoms with Crippen LogP contribution in [0, 0.1) is 6.92 Å². The number of carbonyl (C=O) groups is 2. The van der Waals surface area contributed by atoms with Crippen molar-refractivity contribution in [3.8, 4) is 0 Å². The first-order chi connectivity index (χ1) is 20.0. The number of hydrogen-bond donors (Lipinski definition) is 1. The molecule has 0 aromatic heterocycles. The minimum absolute atomic E-state index is 0.0496. The van der Waals surface area contributed by atoms with Crippen molar-refractivity contribution >= 4 is 66.7 Å². The monoisotopic (exact) mass is 693 g/mol. The Morgan fingerprint density at radius 3 is 2.14 bits per heavy atom. The summed E-state index contributed by atoms with van der Waals surface area (Å²) in [7, 11) is -4.15. The van der Waals surface area contributed by atoms with E-state index in [0.717, 1.165) is 40.0 Å². The first-order valence-corrected chi connectivity index (χ1v) is 16.9. The minimum Gasteiger partial charge on any atom is -0.352 e. The van der Waals surface area contributed by atoms with Crippen LogP contribution in [0.1, 0.15) is 50.2 Å². The third kappa shape index (κ3) is 7.67. The van der Waals surface area contributed by atoms with Gasteiger partial charge in [-0.15, -0.1) is 0 Å². The zero-order valence-electron chi connectivity index (χ0n) is 23.5. The van der Waals surface area contributed by atoms with Crippen molar-refractivity contribution in [1.82, 2.24) is 10.2 Å². The number of benzene rings is 3. The van der Waals surface area contributed by atoms with Gasteiger partial charge in [0.1, 0.15) is 12.6 Å². The molecule has 1 fully saturated rings. The summed E-state index contributed by atoms with van der Waals surface area (Å²) in [6, 6.07) is 17.4. The van der Waals surface area contributed by atoms with Crippen LogP contribution in [-0.4, -0.2) is 43.8 Å². The fourth-order valence-corrected chi connectivity index (χ4v) is 7.31. The Bertz CT molecular complexity index is 1490. The van der Waals surface area contributed by atoms with Crippen molar-refractivity contribution in [1.29, 1.82) is 0 Å². The van der Waals surface area contributed by atoms with Crippen molar-refractivity contribution in [3.05, 3.63) is 92.4 Å². The zero-order chi connectivity index (χ0) is 30.4. The topological polar surface area (TPSA) is 86.8 Å². The van der Waals surface area contributed by atoms with Gasteiger partial charge in [0.25, 0.3) is 10.0 Å². The number of amides is 2. The highest BCUT2D eigenvalue weighted by molar-refractivity contribution is 9.10. The average molecular weight is 696 g/mol. The molecule has 224 valence electrons. The predicted octanol–water partition coefficient (Wildman–Crippen LogP) is 7.13. The Balaban J connectivity index is 1.74. The summed E-state index contributed by atoms with van der Waals surface area (Å²) in [5, 5.41) is 3.80. The lowest BCUT2D eigenvalue weighted by molar-refractivity contribution is -0.140. The highest BCUT2D eigenvalue weighted by atomic mass is 79.9. The van der Waals surface area contributed by atoms with Gasteiger partial charge in [-0.25, -0.2) is 8.42 Å². The Kier molecular flexibility index (Phi) is 11.0. The quantitative estimate of drug-likeness (QED) is 0.232. The lowest BCUT2D eigenvalue weighted by atomic mass is 10.1. The van der Waals surface area contributed by atoms with Crippen LogP contribution < -0.4 is 9.62 Å². The number of nitrogens with zero attached hydrogens (tertiary/aromatic N) is 2. The van der Waals surface area contributed by atoms with Crippen LogP contribution in [0.4, 0.5) is 5.69 Å². The van der Waals surface area contributed by atoms with Crippen molar-refractivity contribution in [2.45, 2.75) is 69.5 Å². The molecule has 0 spiro atoms. The second kappa shape index (κ2) is 14.3. The molecule has 0 aliphatic heterocycles. The molecule has 4 rings (SSSR count). The predicted molar refractivity (Wildman–Crippen MR) is 171 cm³/mol. The summed E-state index contributed by atoms with van der Waals surface area (Å²) in [5.41, 5.74) is 1.70. The van der Waals surface area contributed by atoms with E-state index in [9.17, 15) is 18.0 Å². The Hall–Kier alpha value is -2.59. The molecule has 0 saturated heterocycles. The summed E-state index contributed by atoms with van der Waals surface area (Å²) < 4.78 is 29.8. The van der Waals surface area contributed by atoms with Crippen LogP contribution in [0.25, 0.3) is 0 Å². The molecule has 1 saturated carbocycles.